The van der Waals surface area contributed by atoms with Crippen LogP contribution in [0.15, 0.2) is 71.9 Å². The quantitative estimate of drug-likeness (QED) is 0.773. The van der Waals surface area contributed by atoms with E-state index in [2.05, 4.69) is 22.4 Å². The minimum Gasteiger partial charge on any atom is -0.315 e. The monoisotopic (exact) mass is 367 g/mol. The van der Waals surface area contributed by atoms with E-state index in [1.165, 1.54) is 0 Å². The molecule has 0 radical (unpaired) electrons. The predicted molar refractivity (Wildman–Crippen MR) is 103 cm³/mol. The van der Waals surface area contributed by atoms with E-state index in [1.807, 2.05) is 24.3 Å². The summed E-state index contributed by atoms with van der Waals surface area (Å²) < 4.78 is 28.4. The fourth-order valence-corrected chi connectivity index (χ4v) is 5.21. The van der Waals surface area contributed by atoms with Crippen LogP contribution >= 0.6 is 0 Å². The molecule has 3 aromatic rings. The first-order valence-corrected chi connectivity index (χ1v) is 10.2. The van der Waals surface area contributed by atoms with E-state index >= 15 is 0 Å². The van der Waals surface area contributed by atoms with Gasteiger partial charge in [0.15, 0.2) is 0 Å². The Bertz CT molecular complexity index is 1000. The number of nitrogens with one attached hydrogen (secondary N) is 1. The maximum Gasteiger partial charge on any atom is 0.243 e. The highest BCUT2D eigenvalue weighted by Crippen LogP contribution is 2.27. The summed E-state index contributed by atoms with van der Waals surface area (Å²) in [4.78, 5) is 4.45. The van der Waals surface area contributed by atoms with E-state index in [-0.39, 0.29) is 5.92 Å². The molecular formula is C20H21N3O2S. The van der Waals surface area contributed by atoms with E-state index < -0.39 is 10.0 Å². The fraction of sp³-hybridized carbons (Fsp3) is 0.250. The van der Waals surface area contributed by atoms with Crippen molar-refractivity contribution in [2.45, 2.75) is 10.8 Å². The lowest BCUT2D eigenvalue weighted by Gasteiger charge is -2.24. The Morgan fingerprint density at radius 1 is 1.04 bits per heavy atom. The Hall–Kier alpha value is -2.28. The molecule has 1 aromatic heterocycles. The highest BCUT2D eigenvalue weighted by Gasteiger charge is 2.30. The zero-order valence-electron chi connectivity index (χ0n) is 14.4. The highest BCUT2D eigenvalue weighted by molar-refractivity contribution is 7.89. The van der Waals surface area contributed by atoms with Crippen molar-refractivity contribution in [1.29, 1.82) is 0 Å². The summed E-state index contributed by atoms with van der Waals surface area (Å²) in [6, 6.07) is 17.2. The first-order valence-electron chi connectivity index (χ1n) is 8.75. The van der Waals surface area contributed by atoms with Gasteiger partial charge in [0.1, 0.15) is 0 Å². The number of aromatic nitrogens is 1. The van der Waals surface area contributed by atoms with E-state index in [9.17, 15) is 8.42 Å². The smallest absolute Gasteiger partial charge is 0.243 e. The van der Waals surface area contributed by atoms with Crippen molar-refractivity contribution in [3.63, 3.8) is 0 Å². The van der Waals surface area contributed by atoms with Gasteiger partial charge in [-0.15, -0.1) is 0 Å². The molecule has 1 N–H and O–H groups in total. The van der Waals surface area contributed by atoms with Gasteiger partial charge in [-0.2, -0.15) is 4.31 Å². The summed E-state index contributed by atoms with van der Waals surface area (Å²) in [7, 11) is -3.59. The summed E-state index contributed by atoms with van der Waals surface area (Å²) in [5, 5.41) is 4.92. The zero-order chi connectivity index (χ0) is 18.0. The van der Waals surface area contributed by atoms with Gasteiger partial charge in [-0.3, -0.25) is 4.98 Å². The van der Waals surface area contributed by atoms with E-state index in [0.717, 1.165) is 22.9 Å². The number of rotatable bonds is 3. The van der Waals surface area contributed by atoms with Gasteiger partial charge in [-0.1, -0.05) is 42.5 Å². The van der Waals surface area contributed by atoms with Crippen molar-refractivity contribution >= 4 is 20.8 Å². The number of benzene rings is 2. The number of hydrogen-bond donors (Lipinski definition) is 1. The van der Waals surface area contributed by atoms with Gasteiger partial charge in [-0.25, -0.2) is 8.42 Å². The maximum atomic E-state index is 13.4. The standard InChI is InChI=1S/C20H21N3O2S/c24-26(25,20-8-4-7-17-13-21-10-9-19(17)20)23-12-11-22-14-18(15-23)16-5-2-1-3-6-16/h1-10,13,18,22H,11-12,14-15H2. The van der Waals surface area contributed by atoms with Crippen molar-refractivity contribution in [2.24, 2.45) is 0 Å². The van der Waals surface area contributed by atoms with Gasteiger partial charge in [0.25, 0.3) is 0 Å². The third kappa shape index (κ3) is 3.23. The second-order valence-electron chi connectivity index (χ2n) is 6.53. The summed E-state index contributed by atoms with van der Waals surface area (Å²) in [6.07, 6.45) is 3.34. The van der Waals surface area contributed by atoms with E-state index in [1.54, 1.807) is 34.9 Å². The van der Waals surface area contributed by atoms with Crippen LogP contribution in [0.4, 0.5) is 0 Å². The van der Waals surface area contributed by atoms with Crippen LogP contribution in [0.25, 0.3) is 10.8 Å². The Morgan fingerprint density at radius 3 is 2.73 bits per heavy atom. The van der Waals surface area contributed by atoms with Gasteiger partial charge in [0, 0.05) is 55.3 Å². The number of sulfonamides is 1. The van der Waals surface area contributed by atoms with Crippen molar-refractivity contribution in [3.05, 3.63) is 72.6 Å². The van der Waals surface area contributed by atoms with Crippen LogP contribution < -0.4 is 5.32 Å². The molecule has 4 rings (SSSR count). The Morgan fingerprint density at radius 2 is 1.88 bits per heavy atom. The van der Waals surface area contributed by atoms with Gasteiger partial charge in [-0.05, 0) is 17.7 Å². The molecule has 0 aliphatic carbocycles. The van der Waals surface area contributed by atoms with Crippen LogP contribution in [0.2, 0.25) is 0 Å². The summed E-state index contributed by atoms with van der Waals surface area (Å²) in [5.41, 5.74) is 1.16. The normalized spacial score (nSPS) is 19.3. The number of pyridine rings is 1. The highest BCUT2D eigenvalue weighted by atomic mass is 32.2. The molecule has 6 heteroatoms. The molecule has 1 saturated heterocycles. The predicted octanol–water partition coefficient (Wildman–Crippen LogP) is 2.61. The average Bonchev–Trinajstić information content (AvgIpc) is 2.95. The molecule has 0 amide bonds. The molecule has 1 fully saturated rings. The van der Waals surface area contributed by atoms with Crippen molar-refractivity contribution in [1.82, 2.24) is 14.6 Å². The molecule has 1 aliphatic heterocycles. The molecule has 1 aliphatic rings. The van der Waals surface area contributed by atoms with Gasteiger partial charge in [0.2, 0.25) is 10.0 Å². The Labute approximate surface area is 153 Å². The third-order valence-electron chi connectivity index (χ3n) is 4.88. The van der Waals surface area contributed by atoms with Crippen LogP contribution in [0, 0.1) is 0 Å². The zero-order valence-corrected chi connectivity index (χ0v) is 15.2. The molecule has 5 nitrogen and oxygen atoms in total. The summed E-state index contributed by atoms with van der Waals surface area (Å²) in [5.74, 6) is 0.130. The Balaban J connectivity index is 1.72. The molecule has 2 aromatic carbocycles. The first-order chi connectivity index (χ1) is 12.7. The van der Waals surface area contributed by atoms with Crippen molar-refractivity contribution < 1.29 is 8.42 Å². The molecular weight excluding hydrogens is 346 g/mol. The first kappa shape index (κ1) is 17.1. The molecule has 0 spiro atoms. The van der Waals surface area contributed by atoms with Gasteiger partial charge in [0.05, 0.1) is 4.90 Å². The molecule has 0 bridgehead atoms. The molecule has 134 valence electrons. The summed E-state index contributed by atoms with van der Waals surface area (Å²) in [6.45, 7) is 2.36. The summed E-state index contributed by atoms with van der Waals surface area (Å²) >= 11 is 0. The SMILES string of the molecule is O=S(=O)(c1cccc2cnccc12)N1CCNCC(c2ccccc2)C1. The van der Waals surface area contributed by atoms with Crippen LogP contribution in [-0.2, 0) is 10.0 Å². The maximum absolute atomic E-state index is 13.4. The van der Waals surface area contributed by atoms with Crippen LogP contribution in [0.3, 0.4) is 0 Å². The van der Waals surface area contributed by atoms with Crippen LogP contribution in [0.1, 0.15) is 11.5 Å². The topological polar surface area (TPSA) is 62.3 Å². The minimum absolute atomic E-state index is 0.130. The van der Waals surface area contributed by atoms with E-state index in [0.29, 0.717) is 24.5 Å². The lowest BCUT2D eigenvalue weighted by Crippen LogP contribution is -2.35. The molecule has 26 heavy (non-hydrogen) atoms. The second-order valence-corrected chi connectivity index (χ2v) is 8.43. The third-order valence-corrected chi connectivity index (χ3v) is 6.81. The molecule has 0 saturated carbocycles. The molecule has 1 unspecified atom stereocenters. The number of nitrogens with zero attached hydrogens (tertiary/aromatic N) is 2. The van der Waals surface area contributed by atoms with Crippen LogP contribution in [0.5, 0.6) is 0 Å². The largest absolute Gasteiger partial charge is 0.315 e. The number of fused-ring (bicyclic) bond motifs is 1. The minimum atomic E-state index is -3.59. The van der Waals surface area contributed by atoms with Gasteiger partial charge >= 0.3 is 0 Å². The lowest BCUT2D eigenvalue weighted by molar-refractivity contribution is 0.416. The number of hydrogen-bond acceptors (Lipinski definition) is 4. The van der Waals surface area contributed by atoms with Gasteiger partial charge < -0.3 is 5.32 Å². The van der Waals surface area contributed by atoms with Crippen molar-refractivity contribution in [2.75, 3.05) is 26.2 Å². The van der Waals surface area contributed by atoms with Crippen LogP contribution in [-0.4, -0.2) is 43.9 Å². The van der Waals surface area contributed by atoms with E-state index in [4.69, 9.17) is 0 Å². The average molecular weight is 367 g/mol. The lowest BCUT2D eigenvalue weighted by atomic mass is 9.99. The second kappa shape index (κ2) is 7.15. The van der Waals surface area contributed by atoms with Crippen molar-refractivity contribution in [3.8, 4) is 0 Å². The Kier molecular flexibility index (Phi) is 4.72. The fourth-order valence-electron chi connectivity index (χ4n) is 3.51. The molecule has 2 heterocycles. The molecule has 1 atom stereocenters.